The molecule has 0 amide bonds. The van der Waals surface area contributed by atoms with Crippen LogP contribution in [0.25, 0.3) is 0 Å². The lowest BCUT2D eigenvalue weighted by Gasteiger charge is -2.22. The van der Waals surface area contributed by atoms with Crippen LogP contribution in [0.15, 0.2) is 24.3 Å². The third kappa shape index (κ3) is 2.50. The Kier molecular flexibility index (Phi) is 3.53. The third-order valence-corrected chi connectivity index (χ3v) is 2.29. The van der Waals surface area contributed by atoms with Crippen LogP contribution in [0.1, 0.15) is 12.5 Å². The Balaban J connectivity index is 2.75. The summed E-state index contributed by atoms with van der Waals surface area (Å²) in [6.07, 6.45) is 0. The summed E-state index contributed by atoms with van der Waals surface area (Å²) in [7, 11) is 2.02. The van der Waals surface area contributed by atoms with Crippen LogP contribution in [0.2, 0.25) is 0 Å². The smallest absolute Gasteiger partial charge is 0.0671 e. The fourth-order valence-electron chi connectivity index (χ4n) is 1.54. The topological polar surface area (TPSA) is 27.0 Å². The average Bonchev–Trinajstić information content (AvgIpc) is 2.18. The fraction of sp³-hybridized carbons (Fsp3) is 0.417. The van der Waals surface area contributed by atoms with Crippen LogP contribution < -0.4 is 4.90 Å². The molecule has 0 saturated heterocycles. The molecule has 1 aromatic carbocycles. The number of nitrogens with zero attached hydrogens (tertiary/aromatic N) is 2. The first kappa shape index (κ1) is 10.6. The number of aryl methyl sites for hydroxylation is 1. The van der Waals surface area contributed by atoms with Crippen molar-refractivity contribution >= 4 is 5.69 Å². The molecule has 0 aliphatic carbocycles. The molecule has 0 spiro atoms. The van der Waals surface area contributed by atoms with Gasteiger partial charge in [0.05, 0.1) is 12.0 Å². The standard InChI is InChI=1S/C12H16N2/c1-10(8-13)9-14(3)12-7-5-4-6-11(12)2/h4-7,10H,9H2,1-3H3. The van der Waals surface area contributed by atoms with Gasteiger partial charge in [-0.2, -0.15) is 5.26 Å². The molecular formula is C12H16N2. The number of rotatable bonds is 3. The molecule has 0 bridgehead atoms. The molecule has 0 fully saturated rings. The Morgan fingerprint density at radius 2 is 2.07 bits per heavy atom. The molecule has 1 rings (SSSR count). The molecule has 2 heteroatoms. The second-order valence-electron chi connectivity index (χ2n) is 3.70. The van der Waals surface area contributed by atoms with E-state index in [1.54, 1.807) is 0 Å². The summed E-state index contributed by atoms with van der Waals surface area (Å²) in [6.45, 7) is 4.80. The van der Waals surface area contributed by atoms with E-state index in [4.69, 9.17) is 5.26 Å². The van der Waals surface area contributed by atoms with Gasteiger partial charge in [0.2, 0.25) is 0 Å². The Bertz CT molecular complexity index is 338. The van der Waals surface area contributed by atoms with Gasteiger partial charge < -0.3 is 4.90 Å². The third-order valence-electron chi connectivity index (χ3n) is 2.29. The second kappa shape index (κ2) is 4.66. The quantitative estimate of drug-likeness (QED) is 0.729. The van der Waals surface area contributed by atoms with E-state index >= 15 is 0 Å². The molecule has 2 nitrogen and oxygen atoms in total. The van der Waals surface area contributed by atoms with Crippen LogP contribution in [-0.4, -0.2) is 13.6 Å². The van der Waals surface area contributed by atoms with E-state index in [9.17, 15) is 0 Å². The summed E-state index contributed by atoms with van der Waals surface area (Å²) < 4.78 is 0. The van der Waals surface area contributed by atoms with Gasteiger partial charge in [0.1, 0.15) is 0 Å². The van der Waals surface area contributed by atoms with E-state index in [2.05, 4.69) is 30.0 Å². The average molecular weight is 188 g/mol. The van der Waals surface area contributed by atoms with Gasteiger partial charge in [0.25, 0.3) is 0 Å². The van der Waals surface area contributed by atoms with Crippen molar-refractivity contribution in [3.63, 3.8) is 0 Å². The Morgan fingerprint density at radius 1 is 1.43 bits per heavy atom. The number of hydrogen-bond donors (Lipinski definition) is 0. The molecule has 1 atom stereocenters. The number of hydrogen-bond acceptors (Lipinski definition) is 2. The van der Waals surface area contributed by atoms with Crippen LogP contribution >= 0.6 is 0 Å². The summed E-state index contributed by atoms with van der Waals surface area (Å²) in [5, 5.41) is 8.72. The first-order valence-electron chi connectivity index (χ1n) is 4.81. The van der Waals surface area contributed by atoms with E-state index in [0.717, 1.165) is 6.54 Å². The lowest BCUT2D eigenvalue weighted by atomic mass is 10.1. The maximum Gasteiger partial charge on any atom is 0.0671 e. The molecule has 0 aliphatic rings. The summed E-state index contributed by atoms with van der Waals surface area (Å²) in [5.74, 6) is 0.0691. The van der Waals surface area contributed by atoms with Gasteiger partial charge >= 0.3 is 0 Å². The fourth-order valence-corrected chi connectivity index (χ4v) is 1.54. The highest BCUT2D eigenvalue weighted by Crippen LogP contribution is 2.18. The van der Waals surface area contributed by atoms with E-state index in [0.29, 0.717) is 0 Å². The summed E-state index contributed by atoms with van der Waals surface area (Å²) in [4.78, 5) is 2.13. The van der Waals surface area contributed by atoms with Gasteiger partial charge in [0, 0.05) is 19.3 Å². The Hall–Kier alpha value is -1.49. The Morgan fingerprint density at radius 3 is 2.64 bits per heavy atom. The number of nitriles is 1. The zero-order valence-electron chi connectivity index (χ0n) is 8.99. The van der Waals surface area contributed by atoms with Crippen molar-refractivity contribution in [1.82, 2.24) is 0 Å². The van der Waals surface area contributed by atoms with Crippen LogP contribution in [0, 0.1) is 24.2 Å². The normalized spacial score (nSPS) is 11.9. The molecule has 0 aliphatic heterocycles. The van der Waals surface area contributed by atoms with Gasteiger partial charge in [-0.25, -0.2) is 0 Å². The van der Waals surface area contributed by atoms with Crippen molar-refractivity contribution < 1.29 is 0 Å². The minimum Gasteiger partial charge on any atom is -0.373 e. The van der Waals surface area contributed by atoms with Gasteiger partial charge in [-0.05, 0) is 25.5 Å². The van der Waals surface area contributed by atoms with Gasteiger partial charge in [-0.15, -0.1) is 0 Å². The monoisotopic (exact) mass is 188 g/mol. The second-order valence-corrected chi connectivity index (χ2v) is 3.70. The SMILES string of the molecule is Cc1ccccc1N(C)CC(C)C#N. The molecule has 0 heterocycles. The van der Waals surface area contributed by atoms with Crippen molar-refractivity contribution in [3.8, 4) is 6.07 Å². The predicted octanol–water partition coefficient (Wildman–Crippen LogP) is 2.59. The van der Waals surface area contributed by atoms with Gasteiger partial charge in [-0.3, -0.25) is 0 Å². The van der Waals surface area contributed by atoms with E-state index in [1.807, 2.05) is 26.1 Å². The van der Waals surface area contributed by atoms with Crippen molar-refractivity contribution in [2.45, 2.75) is 13.8 Å². The summed E-state index contributed by atoms with van der Waals surface area (Å²) >= 11 is 0. The van der Waals surface area contributed by atoms with Crippen LogP contribution in [-0.2, 0) is 0 Å². The van der Waals surface area contributed by atoms with Crippen LogP contribution in [0.4, 0.5) is 5.69 Å². The molecule has 0 aromatic heterocycles. The molecule has 0 radical (unpaired) electrons. The molecular weight excluding hydrogens is 172 g/mol. The molecule has 14 heavy (non-hydrogen) atoms. The van der Waals surface area contributed by atoms with Gasteiger partial charge in [-0.1, -0.05) is 18.2 Å². The maximum atomic E-state index is 8.72. The highest BCUT2D eigenvalue weighted by atomic mass is 15.1. The minimum absolute atomic E-state index is 0.0691. The maximum absolute atomic E-state index is 8.72. The molecule has 74 valence electrons. The zero-order valence-corrected chi connectivity index (χ0v) is 8.99. The van der Waals surface area contributed by atoms with Crippen LogP contribution in [0.5, 0.6) is 0 Å². The number of anilines is 1. The zero-order chi connectivity index (χ0) is 10.6. The highest BCUT2D eigenvalue weighted by Gasteiger charge is 2.07. The molecule has 1 aromatic rings. The number of benzene rings is 1. The predicted molar refractivity (Wildman–Crippen MR) is 59.2 cm³/mol. The van der Waals surface area contributed by atoms with Crippen molar-refractivity contribution in [2.75, 3.05) is 18.5 Å². The minimum atomic E-state index is 0.0691. The van der Waals surface area contributed by atoms with Gasteiger partial charge in [0.15, 0.2) is 0 Å². The number of para-hydroxylation sites is 1. The molecule has 0 saturated carbocycles. The van der Waals surface area contributed by atoms with E-state index in [-0.39, 0.29) is 5.92 Å². The summed E-state index contributed by atoms with van der Waals surface area (Å²) in [6, 6.07) is 10.5. The lowest BCUT2D eigenvalue weighted by molar-refractivity contribution is 0.715. The Labute approximate surface area is 85.8 Å². The van der Waals surface area contributed by atoms with Crippen molar-refractivity contribution in [1.29, 1.82) is 5.26 Å². The van der Waals surface area contributed by atoms with Crippen LogP contribution in [0.3, 0.4) is 0 Å². The largest absolute Gasteiger partial charge is 0.373 e. The first-order chi connectivity index (χ1) is 6.65. The van der Waals surface area contributed by atoms with E-state index < -0.39 is 0 Å². The highest BCUT2D eigenvalue weighted by molar-refractivity contribution is 5.52. The first-order valence-corrected chi connectivity index (χ1v) is 4.81. The van der Waals surface area contributed by atoms with Crippen molar-refractivity contribution in [3.05, 3.63) is 29.8 Å². The molecule has 1 unspecified atom stereocenters. The lowest BCUT2D eigenvalue weighted by Crippen LogP contribution is -2.23. The van der Waals surface area contributed by atoms with E-state index in [1.165, 1.54) is 11.3 Å². The van der Waals surface area contributed by atoms with Crippen molar-refractivity contribution in [2.24, 2.45) is 5.92 Å². The molecule has 0 N–H and O–H groups in total. The summed E-state index contributed by atoms with van der Waals surface area (Å²) in [5.41, 5.74) is 2.45.